The van der Waals surface area contributed by atoms with Crippen molar-refractivity contribution < 1.29 is 78.7 Å². The van der Waals surface area contributed by atoms with Gasteiger partial charge in [-0.1, -0.05) is 6.07 Å². The summed E-state index contributed by atoms with van der Waals surface area (Å²) >= 11 is 0. The maximum atomic E-state index is 12.7. The fraction of sp³-hybridized carbons (Fsp3) is 0.462. The third-order valence-corrected chi connectivity index (χ3v) is 6.04. The number of fused-ring (bicyclic) bond motifs is 1. The van der Waals surface area contributed by atoms with Crippen molar-refractivity contribution in [3.63, 3.8) is 0 Å². The molecule has 4 N–H and O–H groups in total. The third kappa shape index (κ3) is 15.5. The molecule has 0 unspecified atom stereocenters. The van der Waals surface area contributed by atoms with Crippen LogP contribution in [-0.2, 0) is 37.0 Å². The van der Waals surface area contributed by atoms with Crippen molar-refractivity contribution in [1.29, 1.82) is 0 Å². The van der Waals surface area contributed by atoms with Crippen LogP contribution in [0.1, 0.15) is 24.0 Å². The van der Waals surface area contributed by atoms with E-state index in [0.29, 0.717) is 12.6 Å². The molecular formula is C26H27F9N4O8. The van der Waals surface area contributed by atoms with Gasteiger partial charge in [-0.15, -0.1) is 0 Å². The lowest BCUT2D eigenvalue weighted by molar-refractivity contribution is -0.193. The monoisotopic (exact) mass is 694 g/mol. The Morgan fingerprint density at radius 1 is 0.809 bits per heavy atom. The van der Waals surface area contributed by atoms with Crippen LogP contribution in [-0.4, -0.2) is 97.8 Å². The maximum absolute atomic E-state index is 12.7. The molecule has 0 saturated carbocycles. The Kier molecular flexibility index (Phi) is 15.5. The molecule has 2 aliphatic rings. The minimum Gasteiger partial charge on any atom is -0.475 e. The molecule has 3 atom stereocenters. The number of hydrogen-bond donors (Lipinski definition) is 4. The first-order valence-electron chi connectivity index (χ1n) is 12.9. The predicted molar refractivity (Wildman–Crippen MR) is 138 cm³/mol. The van der Waals surface area contributed by atoms with Crippen LogP contribution in [0.4, 0.5) is 39.5 Å². The van der Waals surface area contributed by atoms with Gasteiger partial charge >= 0.3 is 36.4 Å². The zero-order valence-corrected chi connectivity index (χ0v) is 23.7. The molecule has 21 heteroatoms. The van der Waals surface area contributed by atoms with Gasteiger partial charge in [0.2, 0.25) is 5.91 Å². The number of rotatable bonds is 5. The zero-order valence-electron chi connectivity index (χ0n) is 23.7. The number of carbonyl (C=O) groups excluding carboxylic acids is 1. The molecule has 2 saturated heterocycles. The summed E-state index contributed by atoms with van der Waals surface area (Å²) in [6, 6.07) is 8.34. The fourth-order valence-corrected chi connectivity index (χ4v) is 3.98. The van der Waals surface area contributed by atoms with Crippen molar-refractivity contribution in [3.05, 3.63) is 60.2 Å². The average molecular weight is 695 g/mol. The van der Waals surface area contributed by atoms with Crippen LogP contribution in [0.5, 0.6) is 0 Å². The van der Waals surface area contributed by atoms with E-state index in [-0.39, 0.29) is 17.9 Å². The molecule has 4 heterocycles. The number of hydrogen-bond acceptors (Lipinski definition) is 8. The van der Waals surface area contributed by atoms with Gasteiger partial charge in [0.25, 0.3) is 0 Å². The van der Waals surface area contributed by atoms with Gasteiger partial charge in [-0.05, 0) is 42.2 Å². The number of piperidine rings is 1. The highest BCUT2D eigenvalue weighted by atomic mass is 19.4. The SMILES string of the molecule is O=C(NCc1cccnc1)[C@H]1C[C@H]2OCC[C@H]2N(Cc2ccncc2)C1.O=C(O)C(F)(F)F.O=C(O)C(F)(F)F.O=C(O)C(F)(F)F. The number of nitrogens with zero attached hydrogens (tertiary/aromatic N) is 3. The van der Waals surface area contributed by atoms with Gasteiger partial charge in [0.1, 0.15) is 0 Å². The van der Waals surface area contributed by atoms with Gasteiger partial charge in [0.05, 0.1) is 12.0 Å². The first-order chi connectivity index (χ1) is 21.6. The van der Waals surface area contributed by atoms with Crippen LogP contribution in [0.15, 0.2) is 49.1 Å². The quantitative estimate of drug-likeness (QED) is 0.336. The number of carbonyl (C=O) groups is 4. The number of aliphatic carboxylic acids is 3. The number of carboxylic acid groups (broad SMARTS) is 3. The van der Waals surface area contributed by atoms with Crippen LogP contribution in [0.3, 0.4) is 0 Å². The van der Waals surface area contributed by atoms with Crippen molar-refractivity contribution in [2.75, 3.05) is 13.2 Å². The van der Waals surface area contributed by atoms with Crippen molar-refractivity contribution in [2.45, 2.75) is 56.6 Å². The molecule has 12 nitrogen and oxygen atoms in total. The van der Waals surface area contributed by atoms with Gasteiger partial charge in [-0.2, -0.15) is 39.5 Å². The summed E-state index contributed by atoms with van der Waals surface area (Å²) in [7, 11) is 0. The molecule has 0 spiro atoms. The van der Waals surface area contributed by atoms with Crippen LogP contribution < -0.4 is 5.32 Å². The third-order valence-electron chi connectivity index (χ3n) is 6.04. The molecule has 47 heavy (non-hydrogen) atoms. The number of ether oxygens (including phenoxy) is 1. The molecule has 0 aromatic carbocycles. The van der Waals surface area contributed by atoms with E-state index < -0.39 is 36.4 Å². The number of pyridine rings is 2. The number of carboxylic acids is 3. The van der Waals surface area contributed by atoms with Crippen molar-refractivity contribution in [3.8, 4) is 0 Å². The van der Waals surface area contributed by atoms with Gasteiger partial charge in [-0.25, -0.2) is 14.4 Å². The van der Waals surface area contributed by atoms with Crippen LogP contribution >= 0.6 is 0 Å². The van der Waals surface area contributed by atoms with E-state index in [2.05, 4.69) is 20.2 Å². The summed E-state index contributed by atoms with van der Waals surface area (Å²) in [5.41, 5.74) is 2.24. The van der Waals surface area contributed by atoms with E-state index in [1.165, 1.54) is 5.56 Å². The summed E-state index contributed by atoms with van der Waals surface area (Å²) < 4.78 is 101. The summed E-state index contributed by atoms with van der Waals surface area (Å²) in [6.45, 7) is 2.90. The lowest BCUT2D eigenvalue weighted by Crippen LogP contribution is -2.52. The smallest absolute Gasteiger partial charge is 0.475 e. The highest BCUT2D eigenvalue weighted by Crippen LogP contribution is 2.32. The van der Waals surface area contributed by atoms with Crippen LogP contribution in [0, 0.1) is 5.92 Å². The molecule has 2 aliphatic heterocycles. The van der Waals surface area contributed by atoms with E-state index in [9.17, 15) is 44.3 Å². The first-order valence-corrected chi connectivity index (χ1v) is 12.9. The minimum absolute atomic E-state index is 0.0483. The Bertz CT molecular complexity index is 1240. The molecule has 2 aromatic heterocycles. The largest absolute Gasteiger partial charge is 0.490 e. The standard InChI is InChI=1S/C20H24N4O2.3C2HF3O2/c25-20(23-12-16-2-1-6-22-11-16)17-10-19-18(5-9-26-19)24(14-17)13-15-3-7-21-8-4-15;3*3-2(4,5)1(6)7/h1-4,6-8,11,17-19H,5,9-10,12-14H2,(H,23,25);3*(H,6,7)/t17-,18+,19+;;;/m0.../s1. The second-order valence-electron chi connectivity index (χ2n) is 9.47. The minimum atomic E-state index is -5.08. The molecule has 0 radical (unpaired) electrons. The molecule has 2 aromatic rings. The molecule has 0 aliphatic carbocycles. The second kappa shape index (κ2) is 18.0. The Balaban J connectivity index is 0.000000430. The topological polar surface area (TPSA) is 179 Å². The molecule has 2 fully saturated rings. The Hall–Kier alpha value is -4.53. The summed E-state index contributed by atoms with van der Waals surface area (Å²) in [6.07, 6.45) is -6.09. The summed E-state index contributed by atoms with van der Waals surface area (Å²) in [5, 5.41) is 24.4. The maximum Gasteiger partial charge on any atom is 0.490 e. The predicted octanol–water partition coefficient (Wildman–Crippen LogP) is 3.67. The van der Waals surface area contributed by atoms with Gasteiger partial charge in [0.15, 0.2) is 0 Å². The lowest BCUT2D eigenvalue weighted by Gasteiger charge is -2.40. The van der Waals surface area contributed by atoms with Crippen molar-refractivity contribution in [1.82, 2.24) is 20.2 Å². The normalized spacial score (nSPS) is 19.2. The number of likely N-dealkylation sites (tertiary alicyclic amines) is 1. The molecular weight excluding hydrogens is 667 g/mol. The molecule has 0 bridgehead atoms. The summed E-state index contributed by atoms with van der Waals surface area (Å²) in [4.78, 5) is 50.0. The highest BCUT2D eigenvalue weighted by Gasteiger charge is 2.42. The average Bonchev–Trinajstić information content (AvgIpc) is 3.46. The van der Waals surface area contributed by atoms with Crippen molar-refractivity contribution in [2.24, 2.45) is 5.92 Å². The van der Waals surface area contributed by atoms with E-state index in [4.69, 9.17) is 34.4 Å². The summed E-state index contributed by atoms with van der Waals surface area (Å²) in [5.74, 6) is -8.22. The van der Waals surface area contributed by atoms with E-state index in [0.717, 1.165) is 38.1 Å². The van der Waals surface area contributed by atoms with E-state index >= 15 is 0 Å². The molecule has 1 amide bonds. The number of halogens is 9. The van der Waals surface area contributed by atoms with Crippen molar-refractivity contribution >= 4 is 23.8 Å². The number of amides is 1. The van der Waals surface area contributed by atoms with Gasteiger partial charge < -0.3 is 25.4 Å². The Labute approximate surface area is 259 Å². The second-order valence-corrected chi connectivity index (χ2v) is 9.47. The fourth-order valence-electron chi connectivity index (χ4n) is 3.98. The first kappa shape index (κ1) is 40.5. The Morgan fingerprint density at radius 2 is 1.32 bits per heavy atom. The number of alkyl halides is 9. The number of nitrogens with one attached hydrogen (secondary N) is 1. The van der Waals surface area contributed by atoms with Crippen LogP contribution in [0.25, 0.3) is 0 Å². The molecule has 262 valence electrons. The van der Waals surface area contributed by atoms with Gasteiger partial charge in [-0.3, -0.25) is 19.7 Å². The zero-order chi connectivity index (χ0) is 36.0. The van der Waals surface area contributed by atoms with E-state index in [1.54, 1.807) is 12.4 Å². The highest BCUT2D eigenvalue weighted by molar-refractivity contribution is 5.79. The van der Waals surface area contributed by atoms with E-state index in [1.807, 2.05) is 36.7 Å². The lowest BCUT2D eigenvalue weighted by atomic mass is 9.89. The number of aromatic nitrogens is 2. The van der Waals surface area contributed by atoms with Crippen LogP contribution in [0.2, 0.25) is 0 Å². The molecule has 4 rings (SSSR count). The van der Waals surface area contributed by atoms with Gasteiger partial charge in [0, 0.05) is 57.1 Å². The Morgan fingerprint density at radius 3 is 1.77 bits per heavy atom.